The normalized spacial score (nSPS) is 9.50. The third-order valence-corrected chi connectivity index (χ3v) is 1.67. The smallest absolute Gasteiger partial charge is 0.234 e. The number of carbonyl (C=O) groups is 1. The van der Waals surface area contributed by atoms with Crippen LogP contribution >= 0.6 is 0 Å². The van der Waals surface area contributed by atoms with Crippen molar-refractivity contribution in [2.45, 2.75) is 12.8 Å². The molecule has 0 heterocycles. The van der Waals surface area contributed by atoms with E-state index in [1.807, 2.05) is 12.1 Å². The number of nitrogens with one attached hydrogen (secondary N) is 1. The fourth-order valence-electron chi connectivity index (χ4n) is 0.963. The van der Waals surface area contributed by atoms with Crippen LogP contribution in [-0.4, -0.2) is 12.5 Å². The first-order chi connectivity index (χ1) is 6.83. The molecule has 1 radical (unpaired) electrons. The average Bonchev–Trinajstić information content (AvgIpc) is 2.25. The third-order valence-electron chi connectivity index (χ3n) is 1.67. The average molecular weight is 193 g/mol. The highest BCUT2D eigenvalue weighted by molar-refractivity contribution is 5.75. The van der Waals surface area contributed by atoms with Crippen molar-refractivity contribution in [2.24, 2.45) is 5.84 Å². The second kappa shape index (κ2) is 5.99. The van der Waals surface area contributed by atoms with Gasteiger partial charge in [-0.3, -0.25) is 10.2 Å². The van der Waals surface area contributed by atoms with E-state index in [1.54, 1.807) is 12.1 Å². The molecule has 1 amide bonds. The summed E-state index contributed by atoms with van der Waals surface area (Å²) in [6.07, 6.45) is 1.04. The predicted octanol–water partition coefficient (Wildman–Crippen LogP) is 0.636. The van der Waals surface area contributed by atoms with Crippen LogP contribution < -0.4 is 16.0 Å². The number of hydrogen-bond acceptors (Lipinski definition) is 3. The largest absolute Gasteiger partial charge is 0.494 e. The lowest BCUT2D eigenvalue weighted by Gasteiger charge is -2.04. The molecule has 1 aromatic carbocycles. The predicted molar refractivity (Wildman–Crippen MR) is 52.3 cm³/mol. The summed E-state index contributed by atoms with van der Waals surface area (Å²) in [5.41, 5.74) is 2.06. The molecular formula is C10H13N2O2. The van der Waals surface area contributed by atoms with Crippen LogP contribution in [0.3, 0.4) is 0 Å². The molecule has 0 aliphatic rings. The van der Waals surface area contributed by atoms with E-state index in [-0.39, 0.29) is 5.91 Å². The van der Waals surface area contributed by atoms with Crippen molar-refractivity contribution >= 4 is 5.91 Å². The van der Waals surface area contributed by atoms with Crippen LogP contribution in [-0.2, 0) is 4.79 Å². The highest BCUT2D eigenvalue weighted by Gasteiger charge is 1.97. The first-order valence-electron chi connectivity index (χ1n) is 4.41. The van der Waals surface area contributed by atoms with Crippen LogP contribution in [0, 0.1) is 6.07 Å². The number of nitrogens with two attached hydrogens (primary N) is 1. The van der Waals surface area contributed by atoms with Gasteiger partial charge in [-0.2, -0.15) is 0 Å². The Bertz CT molecular complexity index is 275. The fraction of sp³-hybridized carbons (Fsp3) is 0.300. The van der Waals surface area contributed by atoms with Crippen molar-refractivity contribution < 1.29 is 9.53 Å². The summed E-state index contributed by atoms with van der Waals surface area (Å²) in [5, 5.41) is 0. The Morgan fingerprint density at radius 3 is 2.86 bits per heavy atom. The molecule has 0 bridgehead atoms. The molecule has 14 heavy (non-hydrogen) atoms. The molecule has 0 fully saturated rings. The molecule has 0 saturated heterocycles. The summed E-state index contributed by atoms with van der Waals surface area (Å²) >= 11 is 0. The van der Waals surface area contributed by atoms with Gasteiger partial charge in [-0.05, 0) is 24.6 Å². The Morgan fingerprint density at radius 2 is 2.21 bits per heavy atom. The molecule has 0 unspecified atom stereocenters. The van der Waals surface area contributed by atoms with Crippen molar-refractivity contribution in [1.82, 2.24) is 5.43 Å². The molecule has 1 rings (SSSR count). The van der Waals surface area contributed by atoms with Crippen LogP contribution in [0.1, 0.15) is 12.8 Å². The van der Waals surface area contributed by atoms with Crippen LogP contribution in [0.2, 0.25) is 0 Å². The zero-order chi connectivity index (χ0) is 10.2. The van der Waals surface area contributed by atoms with Gasteiger partial charge in [0.1, 0.15) is 5.75 Å². The van der Waals surface area contributed by atoms with Crippen LogP contribution in [0.15, 0.2) is 24.3 Å². The van der Waals surface area contributed by atoms with E-state index >= 15 is 0 Å². The first kappa shape index (κ1) is 10.5. The molecule has 0 aliphatic heterocycles. The van der Waals surface area contributed by atoms with E-state index in [0.29, 0.717) is 19.4 Å². The molecule has 1 aromatic rings. The summed E-state index contributed by atoms with van der Waals surface area (Å²) in [6.45, 7) is 0.511. The fourth-order valence-corrected chi connectivity index (χ4v) is 0.963. The van der Waals surface area contributed by atoms with Crippen molar-refractivity contribution in [3.8, 4) is 5.75 Å². The van der Waals surface area contributed by atoms with Gasteiger partial charge in [-0.1, -0.05) is 12.1 Å². The van der Waals surface area contributed by atoms with Gasteiger partial charge in [0, 0.05) is 6.42 Å². The Labute approximate surface area is 83.0 Å². The minimum atomic E-state index is -0.171. The van der Waals surface area contributed by atoms with Gasteiger partial charge in [-0.25, -0.2) is 5.84 Å². The quantitative estimate of drug-likeness (QED) is 0.312. The second-order valence-corrected chi connectivity index (χ2v) is 2.76. The number of rotatable bonds is 5. The van der Waals surface area contributed by atoms with Crippen LogP contribution in [0.4, 0.5) is 0 Å². The second-order valence-electron chi connectivity index (χ2n) is 2.76. The summed E-state index contributed by atoms with van der Waals surface area (Å²) in [6, 6.07) is 10.1. The molecule has 75 valence electrons. The zero-order valence-corrected chi connectivity index (χ0v) is 7.82. The molecular weight excluding hydrogens is 180 g/mol. The lowest BCUT2D eigenvalue weighted by Crippen LogP contribution is -2.29. The summed E-state index contributed by atoms with van der Waals surface area (Å²) < 4.78 is 5.36. The Hall–Kier alpha value is -1.55. The van der Waals surface area contributed by atoms with Crippen molar-refractivity contribution in [2.75, 3.05) is 6.61 Å². The lowest BCUT2D eigenvalue weighted by atomic mass is 10.3. The lowest BCUT2D eigenvalue weighted by molar-refractivity contribution is -0.121. The van der Waals surface area contributed by atoms with Crippen molar-refractivity contribution in [3.63, 3.8) is 0 Å². The molecule has 3 N–H and O–H groups in total. The minimum Gasteiger partial charge on any atom is -0.494 e. The SMILES string of the molecule is NNC(=O)CCCOc1cc[c]cc1. The maximum Gasteiger partial charge on any atom is 0.234 e. The summed E-state index contributed by atoms with van der Waals surface area (Å²) in [7, 11) is 0. The van der Waals surface area contributed by atoms with Gasteiger partial charge in [0.15, 0.2) is 0 Å². The molecule has 0 aromatic heterocycles. The monoisotopic (exact) mass is 193 g/mol. The Morgan fingerprint density at radius 1 is 1.50 bits per heavy atom. The van der Waals surface area contributed by atoms with E-state index in [2.05, 4.69) is 11.5 Å². The molecule has 0 atom stereocenters. The molecule has 0 saturated carbocycles. The summed E-state index contributed by atoms with van der Waals surface area (Å²) in [5.74, 6) is 5.54. The number of amides is 1. The van der Waals surface area contributed by atoms with Crippen molar-refractivity contribution in [3.05, 3.63) is 30.3 Å². The van der Waals surface area contributed by atoms with Crippen LogP contribution in [0.5, 0.6) is 5.75 Å². The van der Waals surface area contributed by atoms with Gasteiger partial charge in [0.25, 0.3) is 0 Å². The van der Waals surface area contributed by atoms with Gasteiger partial charge in [-0.15, -0.1) is 0 Å². The van der Waals surface area contributed by atoms with E-state index in [1.165, 1.54) is 0 Å². The Kier molecular flexibility index (Phi) is 4.50. The molecule has 4 heteroatoms. The third kappa shape index (κ3) is 3.91. The molecule has 0 aliphatic carbocycles. The van der Waals surface area contributed by atoms with E-state index < -0.39 is 0 Å². The molecule has 0 spiro atoms. The van der Waals surface area contributed by atoms with Crippen molar-refractivity contribution in [1.29, 1.82) is 0 Å². The highest BCUT2D eigenvalue weighted by atomic mass is 16.5. The maximum absolute atomic E-state index is 10.7. The minimum absolute atomic E-state index is 0.171. The number of hydrazine groups is 1. The summed E-state index contributed by atoms with van der Waals surface area (Å²) in [4.78, 5) is 10.7. The van der Waals surface area contributed by atoms with E-state index in [0.717, 1.165) is 5.75 Å². The maximum atomic E-state index is 10.7. The highest BCUT2D eigenvalue weighted by Crippen LogP contribution is 2.08. The standard InChI is InChI=1S/C10H13N2O2/c11-12-10(13)7-4-8-14-9-5-2-1-3-6-9/h2-3,5-6H,4,7-8,11H2,(H,12,13). The van der Waals surface area contributed by atoms with Gasteiger partial charge in [0.05, 0.1) is 6.61 Å². The first-order valence-corrected chi connectivity index (χ1v) is 4.41. The van der Waals surface area contributed by atoms with Gasteiger partial charge < -0.3 is 4.74 Å². The Balaban J connectivity index is 2.13. The number of carbonyl (C=O) groups excluding carboxylic acids is 1. The number of hydrogen-bond donors (Lipinski definition) is 2. The topological polar surface area (TPSA) is 64.3 Å². The zero-order valence-electron chi connectivity index (χ0n) is 7.82. The number of ether oxygens (including phenoxy) is 1. The van der Waals surface area contributed by atoms with E-state index in [4.69, 9.17) is 10.6 Å². The van der Waals surface area contributed by atoms with Gasteiger partial charge in [0.2, 0.25) is 5.91 Å². The molecule has 4 nitrogen and oxygen atoms in total. The van der Waals surface area contributed by atoms with Crippen LogP contribution in [0.25, 0.3) is 0 Å². The van der Waals surface area contributed by atoms with Gasteiger partial charge >= 0.3 is 0 Å². The number of benzene rings is 1. The van der Waals surface area contributed by atoms with E-state index in [9.17, 15) is 4.79 Å².